The second-order valence-electron chi connectivity index (χ2n) is 9.27. The molecule has 1 unspecified atom stereocenters. The summed E-state index contributed by atoms with van der Waals surface area (Å²) in [5.41, 5.74) is 2.25. The van der Waals surface area contributed by atoms with Gasteiger partial charge in [0.15, 0.2) is 14.9 Å². The van der Waals surface area contributed by atoms with Crippen molar-refractivity contribution < 1.29 is 22.7 Å². The smallest absolute Gasteiger partial charge is 0.225 e. The molecular weight excluding hydrogens is 454 g/mol. The Morgan fingerprint density at radius 3 is 2.76 bits per heavy atom. The number of likely N-dealkylation sites (tertiary alicyclic amines) is 1. The Bertz CT molecular complexity index is 1240. The highest BCUT2D eigenvalue weighted by Gasteiger charge is 2.36. The third kappa shape index (κ3) is 4.75. The molecule has 2 fully saturated rings. The van der Waals surface area contributed by atoms with E-state index in [-0.39, 0.29) is 10.9 Å². The molecule has 0 bridgehead atoms. The largest absolute Gasteiger partial charge is 0.490 e. The Labute approximate surface area is 200 Å². The Kier molecular flexibility index (Phi) is 5.97. The molecule has 0 radical (unpaired) electrons. The van der Waals surface area contributed by atoms with Gasteiger partial charge in [-0.05, 0) is 61.9 Å². The lowest BCUT2D eigenvalue weighted by molar-refractivity contribution is -0.131. The van der Waals surface area contributed by atoms with Gasteiger partial charge in [-0.2, -0.15) is 0 Å². The maximum Gasteiger partial charge on any atom is 0.225 e. The SMILES string of the molecule is Cc1cc(N2CCOc3ccc(OC=CC4CCN(C(=O)C5CC5)C4)cc32)cnc1S(C)(=O)=O. The highest BCUT2D eigenvalue weighted by atomic mass is 32.2. The number of benzene rings is 1. The second kappa shape index (κ2) is 8.94. The molecule has 1 atom stereocenters. The summed E-state index contributed by atoms with van der Waals surface area (Å²) in [7, 11) is -3.38. The van der Waals surface area contributed by atoms with Crippen molar-refractivity contribution in [3.8, 4) is 11.5 Å². The average Bonchev–Trinajstić information content (AvgIpc) is 3.55. The lowest BCUT2D eigenvalue weighted by Crippen LogP contribution is -2.29. The third-order valence-electron chi connectivity index (χ3n) is 6.49. The molecule has 1 saturated heterocycles. The molecule has 0 N–H and O–H groups in total. The van der Waals surface area contributed by atoms with Crippen molar-refractivity contribution in [1.29, 1.82) is 0 Å². The summed E-state index contributed by atoms with van der Waals surface area (Å²) in [6.45, 7) is 4.45. The van der Waals surface area contributed by atoms with Crippen molar-refractivity contribution in [1.82, 2.24) is 9.88 Å². The van der Waals surface area contributed by atoms with Gasteiger partial charge in [-0.1, -0.05) is 0 Å². The van der Waals surface area contributed by atoms with Gasteiger partial charge in [-0.25, -0.2) is 13.4 Å². The molecule has 1 saturated carbocycles. The quantitative estimate of drug-likeness (QED) is 0.581. The molecule has 1 aliphatic carbocycles. The number of rotatable bonds is 6. The molecule has 1 aromatic carbocycles. The van der Waals surface area contributed by atoms with Crippen LogP contribution in [0.2, 0.25) is 0 Å². The molecule has 180 valence electrons. The van der Waals surface area contributed by atoms with Crippen molar-refractivity contribution in [2.45, 2.75) is 31.2 Å². The predicted molar refractivity (Wildman–Crippen MR) is 128 cm³/mol. The van der Waals surface area contributed by atoms with Crippen molar-refractivity contribution in [3.63, 3.8) is 0 Å². The van der Waals surface area contributed by atoms with Crippen LogP contribution in [0.3, 0.4) is 0 Å². The van der Waals surface area contributed by atoms with Crippen LogP contribution in [0.25, 0.3) is 0 Å². The number of hydrogen-bond donors (Lipinski definition) is 0. The van der Waals surface area contributed by atoms with Crippen molar-refractivity contribution in [3.05, 3.63) is 48.4 Å². The van der Waals surface area contributed by atoms with Crippen LogP contribution >= 0.6 is 0 Å². The first-order valence-electron chi connectivity index (χ1n) is 11.6. The molecule has 0 spiro atoms. The van der Waals surface area contributed by atoms with Crippen molar-refractivity contribution in [2.75, 3.05) is 37.4 Å². The maximum atomic E-state index is 12.2. The standard InChI is InChI=1S/C25H29N3O5S/c1-17-13-20(15-26-24(17)34(2,30)31)28-10-12-33-23-6-5-21(14-22(23)28)32-11-8-18-7-9-27(16-18)25(29)19-3-4-19/h5-6,8,11,13-15,18-19H,3-4,7,9-10,12,16H2,1-2H3. The number of aromatic nitrogens is 1. The molecule has 3 heterocycles. The van der Waals surface area contributed by atoms with Crippen LogP contribution in [0.5, 0.6) is 11.5 Å². The number of carbonyl (C=O) groups is 1. The Balaban J connectivity index is 1.29. The number of carbonyl (C=O) groups excluding carboxylic acids is 1. The number of sulfone groups is 1. The summed E-state index contributed by atoms with van der Waals surface area (Å²) in [6.07, 6.45) is 9.52. The summed E-state index contributed by atoms with van der Waals surface area (Å²) in [6, 6.07) is 7.48. The summed E-state index contributed by atoms with van der Waals surface area (Å²) < 4.78 is 35.6. The first-order valence-corrected chi connectivity index (χ1v) is 13.5. The highest BCUT2D eigenvalue weighted by Crippen LogP contribution is 2.39. The third-order valence-corrected chi connectivity index (χ3v) is 7.62. The molecule has 2 aromatic rings. The summed E-state index contributed by atoms with van der Waals surface area (Å²) >= 11 is 0. The first kappa shape index (κ1) is 22.7. The van der Waals surface area contributed by atoms with Gasteiger partial charge in [0.1, 0.15) is 18.1 Å². The monoisotopic (exact) mass is 483 g/mol. The van der Waals surface area contributed by atoms with E-state index < -0.39 is 9.84 Å². The van der Waals surface area contributed by atoms with Crippen LogP contribution in [0.15, 0.2) is 47.8 Å². The zero-order valence-electron chi connectivity index (χ0n) is 19.4. The average molecular weight is 484 g/mol. The Morgan fingerprint density at radius 2 is 2.03 bits per heavy atom. The minimum atomic E-state index is -3.38. The molecular formula is C25H29N3O5S. The normalized spacial score (nSPS) is 20.4. The number of aryl methyl sites for hydroxylation is 1. The van der Waals surface area contributed by atoms with E-state index in [0.29, 0.717) is 36.3 Å². The molecule has 2 aliphatic heterocycles. The van der Waals surface area contributed by atoms with E-state index in [0.717, 1.165) is 55.7 Å². The zero-order chi connectivity index (χ0) is 23.9. The topological polar surface area (TPSA) is 89.0 Å². The predicted octanol–water partition coefficient (Wildman–Crippen LogP) is 3.48. The van der Waals surface area contributed by atoms with Crippen LogP contribution in [0.4, 0.5) is 11.4 Å². The zero-order valence-corrected chi connectivity index (χ0v) is 20.3. The number of hydrogen-bond acceptors (Lipinski definition) is 7. The van der Waals surface area contributed by atoms with Crippen molar-refractivity contribution in [2.24, 2.45) is 11.8 Å². The van der Waals surface area contributed by atoms with Crippen LogP contribution in [0.1, 0.15) is 24.8 Å². The van der Waals surface area contributed by atoms with E-state index in [1.807, 2.05) is 35.2 Å². The number of pyridine rings is 1. The van der Waals surface area contributed by atoms with Crippen LogP contribution < -0.4 is 14.4 Å². The lowest BCUT2D eigenvalue weighted by Gasteiger charge is -2.31. The van der Waals surface area contributed by atoms with Crippen LogP contribution in [0, 0.1) is 18.8 Å². The summed E-state index contributed by atoms with van der Waals surface area (Å²) in [5, 5.41) is 0.0938. The number of fused-ring (bicyclic) bond motifs is 1. The van der Waals surface area contributed by atoms with Gasteiger partial charge in [0.25, 0.3) is 0 Å². The van der Waals surface area contributed by atoms with E-state index in [2.05, 4.69) is 9.88 Å². The van der Waals surface area contributed by atoms with E-state index in [4.69, 9.17) is 9.47 Å². The van der Waals surface area contributed by atoms with Crippen LogP contribution in [-0.4, -0.2) is 56.7 Å². The first-order chi connectivity index (χ1) is 16.3. The fourth-order valence-corrected chi connectivity index (χ4v) is 5.47. The van der Waals surface area contributed by atoms with Crippen molar-refractivity contribution >= 4 is 27.1 Å². The molecule has 8 nitrogen and oxygen atoms in total. The molecule has 34 heavy (non-hydrogen) atoms. The molecule has 1 amide bonds. The van der Waals surface area contributed by atoms with Gasteiger partial charge in [0.2, 0.25) is 5.91 Å². The van der Waals surface area contributed by atoms with Gasteiger partial charge in [0.05, 0.1) is 30.4 Å². The second-order valence-corrected chi connectivity index (χ2v) is 11.2. The van der Waals surface area contributed by atoms with E-state index >= 15 is 0 Å². The lowest BCUT2D eigenvalue weighted by atomic mass is 10.1. The maximum absolute atomic E-state index is 12.2. The molecule has 1 aromatic heterocycles. The molecule has 9 heteroatoms. The number of anilines is 2. The fraction of sp³-hybridized carbons (Fsp3) is 0.440. The Hall–Kier alpha value is -3.07. The number of nitrogens with zero attached hydrogens (tertiary/aromatic N) is 3. The van der Waals surface area contributed by atoms with Gasteiger partial charge in [-0.3, -0.25) is 4.79 Å². The van der Waals surface area contributed by atoms with E-state index in [1.165, 1.54) is 0 Å². The summed E-state index contributed by atoms with van der Waals surface area (Å²) in [4.78, 5) is 20.5. The van der Waals surface area contributed by atoms with Gasteiger partial charge < -0.3 is 19.3 Å². The summed E-state index contributed by atoms with van der Waals surface area (Å²) in [5.74, 6) is 2.29. The molecule has 5 rings (SSSR count). The van der Waals surface area contributed by atoms with E-state index in [1.54, 1.807) is 19.4 Å². The minimum Gasteiger partial charge on any atom is -0.490 e. The van der Waals surface area contributed by atoms with Crippen LogP contribution in [-0.2, 0) is 14.6 Å². The number of amides is 1. The number of ether oxygens (including phenoxy) is 2. The minimum absolute atomic E-state index is 0.0938. The van der Waals surface area contributed by atoms with Gasteiger partial charge in [-0.15, -0.1) is 0 Å². The Morgan fingerprint density at radius 1 is 1.21 bits per heavy atom. The molecule has 3 aliphatic rings. The van der Waals surface area contributed by atoms with Gasteiger partial charge in [0, 0.05) is 31.3 Å². The van der Waals surface area contributed by atoms with E-state index in [9.17, 15) is 13.2 Å². The van der Waals surface area contributed by atoms with Gasteiger partial charge >= 0.3 is 0 Å². The fourth-order valence-electron chi connectivity index (χ4n) is 4.58. The highest BCUT2D eigenvalue weighted by molar-refractivity contribution is 7.90.